The standard InChI is InChI=1S/C12H15NO3.ClH/c1-12(5-6-13-12)16-10-4-3-9(8-14)7-11(10)15-2;/h3-4,7-8,13H,5-6H2,1-2H3;1H/t12-;/m0./s1. The minimum absolute atomic E-state index is 0. The molecule has 17 heavy (non-hydrogen) atoms. The largest absolute Gasteiger partial charge is 0.493 e. The second-order valence-corrected chi connectivity index (χ2v) is 4.04. The lowest BCUT2D eigenvalue weighted by atomic mass is 10.0. The minimum Gasteiger partial charge on any atom is -0.493 e. The summed E-state index contributed by atoms with van der Waals surface area (Å²) < 4.78 is 11.0. The lowest BCUT2D eigenvalue weighted by molar-refractivity contribution is -0.0124. The maximum absolute atomic E-state index is 10.6. The molecule has 0 unspecified atom stereocenters. The van der Waals surface area contributed by atoms with E-state index in [0.29, 0.717) is 17.1 Å². The van der Waals surface area contributed by atoms with Gasteiger partial charge in [-0.3, -0.25) is 10.1 Å². The zero-order valence-electron chi connectivity index (χ0n) is 9.86. The summed E-state index contributed by atoms with van der Waals surface area (Å²) >= 11 is 0. The molecule has 1 aliphatic rings. The molecule has 1 aliphatic heterocycles. The fourth-order valence-electron chi connectivity index (χ4n) is 1.65. The van der Waals surface area contributed by atoms with Crippen molar-refractivity contribution in [3.05, 3.63) is 23.8 Å². The Hall–Kier alpha value is -1.26. The van der Waals surface area contributed by atoms with Gasteiger partial charge in [-0.15, -0.1) is 12.4 Å². The van der Waals surface area contributed by atoms with Gasteiger partial charge in [-0.25, -0.2) is 0 Å². The first-order valence-electron chi connectivity index (χ1n) is 5.24. The monoisotopic (exact) mass is 257 g/mol. The van der Waals surface area contributed by atoms with E-state index in [4.69, 9.17) is 9.47 Å². The topological polar surface area (TPSA) is 47.6 Å². The molecule has 94 valence electrons. The summed E-state index contributed by atoms with van der Waals surface area (Å²) in [6.07, 6.45) is 1.75. The van der Waals surface area contributed by atoms with Crippen molar-refractivity contribution in [2.75, 3.05) is 13.7 Å². The number of hydrogen-bond donors (Lipinski definition) is 1. The van der Waals surface area contributed by atoms with Crippen LogP contribution in [0.1, 0.15) is 23.7 Å². The molecule has 0 aromatic heterocycles. The van der Waals surface area contributed by atoms with Gasteiger partial charge in [-0.1, -0.05) is 0 Å². The molecular formula is C12H16ClNO3. The summed E-state index contributed by atoms with van der Waals surface area (Å²) in [5.74, 6) is 1.24. The van der Waals surface area contributed by atoms with E-state index in [1.807, 2.05) is 6.92 Å². The number of rotatable bonds is 4. The Balaban J connectivity index is 0.00000144. The van der Waals surface area contributed by atoms with Crippen LogP contribution in [0.5, 0.6) is 11.5 Å². The van der Waals surface area contributed by atoms with Gasteiger partial charge in [-0.2, -0.15) is 0 Å². The Kier molecular flexibility index (Phi) is 4.37. The van der Waals surface area contributed by atoms with E-state index < -0.39 is 0 Å². The SMILES string of the molecule is COc1cc(C=O)ccc1O[C@@]1(C)CCN1.Cl. The Morgan fingerprint density at radius 3 is 2.59 bits per heavy atom. The first-order valence-corrected chi connectivity index (χ1v) is 5.24. The normalized spacial score (nSPS) is 22.0. The van der Waals surface area contributed by atoms with Gasteiger partial charge in [0, 0.05) is 18.5 Å². The highest BCUT2D eigenvalue weighted by atomic mass is 35.5. The first kappa shape index (κ1) is 13.8. The summed E-state index contributed by atoms with van der Waals surface area (Å²) in [5.41, 5.74) is 0.270. The van der Waals surface area contributed by atoms with Crippen LogP contribution in [0.4, 0.5) is 0 Å². The van der Waals surface area contributed by atoms with Crippen LogP contribution in [-0.4, -0.2) is 25.7 Å². The first-order chi connectivity index (χ1) is 7.67. The highest BCUT2D eigenvalue weighted by Crippen LogP contribution is 2.32. The number of benzene rings is 1. The van der Waals surface area contributed by atoms with Gasteiger partial charge >= 0.3 is 0 Å². The lowest BCUT2D eigenvalue weighted by Gasteiger charge is -2.40. The second kappa shape index (κ2) is 5.38. The van der Waals surface area contributed by atoms with Crippen LogP contribution in [0.15, 0.2) is 18.2 Å². The Bertz CT molecular complexity index is 405. The smallest absolute Gasteiger partial charge is 0.163 e. The second-order valence-electron chi connectivity index (χ2n) is 4.04. The number of carbonyl (C=O) groups is 1. The van der Waals surface area contributed by atoms with Gasteiger partial charge in [0.1, 0.15) is 6.29 Å². The number of aldehydes is 1. The van der Waals surface area contributed by atoms with E-state index >= 15 is 0 Å². The molecule has 0 spiro atoms. The van der Waals surface area contributed by atoms with Crippen LogP contribution >= 0.6 is 12.4 Å². The van der Waals surface area contributed by atoms with Crippen LogP contribution < -0.4 is 14.8 Å². The number of halogens is 1. The maximum atomic E-state index is 10.6. The van der Waals surface area contributed by atoms with Gasteiger partial charge in [0.15, 0.2) is 17.2 Å². The number of nitrogens with one attached hydrogen (secondary N) is 1. The zero-order chi connectivity index (χ0) is 11.6. The third-order valence-corrected chi connectivity index (χ3v) is 2.76. The van der Waals surface area contributed by atoms with Crippen molar-refractivity contribution < 1.29 is 14.3 Å². The number of methoxy groups -OCH3 is 1. The van der Waals surface area contributed by atoms with Crippen LogP contribution in [0.25, 0.3) is 0 Å². The average molecular weight is 258 g/mol. The van der Waals surface area contributed by atoms with Gasteiger partial charge in [0.2, 0.25) is 0 Å². The Morgan fingerprint density at radius 2 is 2.12 bits per heavy atom. The molecule has 1 aromatic rings. The average Bonchev–Trinajstić information content (AvgIpc) is 2.27. The lowest BCUT2D eigenvalue weighted by Crippen LogP contribution is -2.58. The number of hydrogen-bond acceptors (Lipinski definition) is 4. The molecule has 0 radical (unpaired) electrons. The van der Waals surface area contributed by atoms with Crippen LogP contribution in [0.3, 0.4) is 0 Å². The van der Waals surface area contributed by atoms with Crippen molar-refractivity contribution in [2.24, 2.45) is 0 Å². The summed E-state index contributed by atoms with van der Waals surface area (Å²) in [6, 6.07) is 5.14. The predicted octanol–water partition coefficient (Wildman–Crippen LogP) is 2.02. The van der Waals surface area contributed by atoms with Crippen LogP contribution in [0, 0.1) is 0 Å². The highest BCUT2D eigenvalue weighted by Gasteiger charge is 2.34. The molecular weight excluding hydrogens is 242 g/mol. The maximum Gasteiger partial charge on any atom is 0.163 e. The minimum atomic E-state index is -0.310. The van der Waals surface area contributed by atoms with E-state index in [1.54, 1.807) is 25.3 Å². The molecule has 0 bridgehead atoms. The van der Waals surface area contributed by atoms with Crippen molar-refractivity contribution in [3.63, 3.8) is 0 Å². The molecule has 1 saturated heterocycles. The molecule has 0 saturated carbocycles. The molecule has 2 rings (SSSR count). The number of carbonyl (C=O) groups excluding carboxylic acids is 1. The third-order valence-electron chi connectivity index (χ3n) is 2.76. The van der Waals surface area contributed by atoms with Crippen molar-refractivity contribution >= 4 is 18.7 Å². The fraction of sp³-hybridized carbons (Fsp3) is 0.417. The van der Waals surface area contributed by atoms with Crippen molar-refractivity contribution in [1.29, 1.82) is 0 Å². The van der Waals surface area contributed by atoms with Gasteiger partial charge in [-0.05, 0) is 25.1 Å². The number of ether oxygens (including phenoxy) is 2. The van der Waals surface area contributed by atoms with Gasteiger partial charge in [0.25, 0.3) is 0 Å². The predicted molar refractivity (Wildman–Crippen MR) is 67.3 cm³/mol. The van der Waals surface area contributed by atoms with Gasteiger partial charge in [0.05, 0.1) is 7.11 Å². The Labute approximate surface area is 107 Å². The third kappa shape index (κ3) is 2.90. The van der Waals surface area contributed by atoms with E-state index in [9.17, 15) is 4.79 Å². The highest BCUT2D eigenvalue weighted by molar-refractivity contribution is 5.85. The fourth-order valence-corrected chi connectivity index (χ4v) is 1.65. The summed E-state index contributed by atoms with van der Waals surface area (Å²) in [4.78, 5) is 10.6. The quantitative estimate of drug-likeness (QED) is 0.839. The Morgan fingerprint density at radius 1 is 1.41 bits per heavy atom. The zero-order valence-corrected chi connectivity index (χ0v) is 10.7. The van der Waals surface area contributed by atoms with Crippen molar-refractivity contribution in [1.82, 2.24) is 5.32 Å². The molecule has 5 heteroatoms. The molecule has 1 heterocycles. The summed E-state index contributed by atoms with van der Waals surface area (Å²) in [5, 5.41) is 3.20. The van der Waals surface area contributed by atoms with Gasteiger partial charge < -0.3 is 9.47 Å². The molecule has 1 aromatic carbocycles. The van der Waals surface area contributed by atoms with Crippen molar-refractivity contribution in [3.8, 4) is 11.5 Å². The van der Waals surface area contributed by atoms with E-state index in [0.717, 1.165) is 19.3 Å². The van der Waals surface area contributed by atoms with Crippen LogP contribution in [-0.2, 0) is 0 Å². The van der Waals surface area contributed by atoms with Crippen LogP contribution in [0.2, 0.25) is 0 Å². The van der Waals surface area contributed by atoms with E-state index in [1.165, 1.54) is 0 Å². The molecule has 1 fully saturated rings. The van der Waals surface area contributed by atoms with E-state index in [-0.39, 0.29) is 18.1 Å². The summed E-state index contributed by atoms with van der Waals surface area (Å²) in [7, 11) is 1.56. The molecule has 4 nitrogen and oxygen atoms in total. The molecule has 0 amide bonds. The molecule has 1 N–H and O–H groups in total. The van der Waals surface area contributed by atoms with Crippen molar-refractivity contribution in [2.45, 2.75) is 19.1 Å². The van der Waals surface area contributed by atoms with E-state index in [2.05, 4.69) is 5.32 Å². The summed E-state index contributed by atoms with van der Waals surface area (Å²) in [6.45, 7) is 2.95. The molecule has 0 aliphatic carbocycles. The molecule has 1 atom stereocenters.